The molecular formula is C18H25ClN4O. The van der Waals surface area contributed by atoms with Gasteiger partial charge in [-0.05, 0) is 31.5 Å². The number of nitriles is 1. The van der Waals surface area contributed by atoms with Gasteiger partial charge < -0.3 is 5.32 Å². The number of amides is 1. The van der Waals surface area contributed by atoms with Crippen molar-refractivity contribution >= 4 is 28.9 Å². The van der Waals surface area contributed by atoms with Gasteiger partial charge in [0.05, 0.1) is 24.7 Å². The monoisotopic (exact) mass is 348 g/mol. The van der Waals surface area contributed by atoms with Crippen LogP contribution >= 0.6 is 11.6 Å². The van der Waals surface area contributed by atoms with Crippen molar-refractivity contribution in [1.29, 1.82) is 5.26 Å². The molecule has 0 bridgehead atoms. The summed E-state index contributed by atoms with van der Waals surface area (Å²) in [6, 6.07) is 7.56. The Morgan fingerprint density at radius 3 is 2.79 bits per heavy atom. The number of hydrogen-bond donors (Lipinski definition) is 1. The van der Waals surface area contributed by atoms with Gasteiger partial charge in [0.1, 0.15) is 0 Å². The summed E-state index contributed by atoms with van der Waals surface area (Å²) in [4.78, 5) is 12.4. The van der Waals surface area contributed by atoms with Crippen LogP contribution < -0.4 is 5.32 Å². The second-order valence-corrected chi connectivity index (χ2v) is 5.94. The molecule has 24 heavy (non-hydrogen) atoms. The molecule has 0 heterocycles. The van der Waals surface area contributed by atoms with E-state index < -0.39 is 0 Å². The Kier molecular flexibility index (Phi) is 8.88. The highest BCUT2D eigenvalue weighted by molar-refractivity contribution is 6.31. The number of benzene rings is 1. The van der Waals surface area contributed by atoms with Crippen LogP contribution in [0, 0.1) is 11.3 Å². The maximum Gasteiger partial charge on any atom is 0.242 e. The van der Waals surface area contributed by atoms with E-state index >= 15 is 0 Å². The Hall–Kier alpha value is -2.06. The largest absolute Gasteiger partial charge is 0.388 e. The van der Waals surface area contributed by atoms with E-state index in [1.807, 2.05) is 26.1 Å². The molecule has 0 radical (unpaired) electrons. The van der Waals surface area contributed by atoms with Crippen molar-refractivity contribution in [1.82, 2.24) is 5.01 Å². The van der Waals surface area contributed by atoms with Crippen LogP contribution in [0.5, 0.6) is 0 Å². The molecule has 130 valence electrons. The van der Waals surface area contributed by atoms with Gasteiger partial charge in [-0.3, -0.25) is 4.79 Å². The molecule has 0 aliphatic rings. The molecule has 1 aromatic rings. The Morgan fingerprint density at radius 2 is 2.17 bits per heavy atom. The van der Waals surface area contributed by atoms with Crippen LogP contribution in [0.2, 0.25) is 5.02 Å². The molecule has 0 saturated carbocycles. The number of carbonyl (C=O) groups excluding carboxylic acids is 1. The van der Waals surface area contributed by atoms with Gasteiger partial charge in [0.25, 0.3) is 0 Å². The summed E-state index contributed by atoms with van der Waals surface area (Å²) < 4.78 is 0. The van der Waals surface area contributed by atoms with E-state index in [-0.39, 0.29) is 12.3 Å². The van der Waals surface area contributed by atoms with Crippen molar-refractivity contribution in [2.45, 2.75) is 46.0 Å². The predicted molar refractivity (Wildman–Crippen MR) is 99.3 cm³/mol. The Morgan fingerprint density at radius 1 is 1.42 bits per heavy atom. The normalized spacial score (nSPS) is 11.0. The number of carbonyl (C=O) groups is 1. The van der Waals surface area contributed by atoms with E-state index in [9.17, 15) is 4.79 Å². The molecule has 5 nitrogen and oxygen atoms in total. The zero-order valence-electron chi connectivity index (χ0n) is 14.6. The van der Waals surface area contributed by atoms with Crippen molar-refractivity contribution in [3.63, 3.8) is 0 Å². The van der Waals surface area contributed by atoms with Crippen LogP contribution in [-0.4, -0.2) is 30.2 Å². The number of unbranched alkanes of at least 4 members (excludes halogenated alkanes) is 2. The van der Waals surface area contributed by atoms with Gasteiger partial charge in [-0.2, -0.15) is 10.4 Å². The zero-order chi connectivity index (χ0) is 17.9. The number of halogens is 1. The number of anilines is 1. The van der Waals surface area contributed by atoms with E-state index in [4.69, 9.17) is 16.9 Å². The Balaban J connectivity index is 3.01. The molecule has 1 rings (SSSR count). The third kappa shape index (κ3) is 6.21. The maximum absolute atomic E-state index is 12.4. The molecule has 0 unspecified atom stereocenters. The highest BCUT2D eigenvalue weighted by Gasteiger charge is 2.14. The van der Waals surface area contributed by atoms with Crippen molar-refractivity contribution in [3.05, 3.63) is 28.8 Å². The van der Waals surface area contributed by atoms with E-state index in [0.717, 1.165) is 30.5 Å². The first-order chi connectivity index (χ1) is 11.5. The number of hydrazone groups is 1. The molecule has 0 spiro atoms. The minimum absolute atomic E-state index is 0.0499. The topological polar surface area (TPSA) is 68.5 Å². The molecule has 0 fully saturated rings. The fraction of sp³-hybridized carbons (Fsp3) is 0.500. The predicted octanol–water partition coefficient (Wildman–Crippen LogP) is 4.43. The summed E-state index contributed by atoms with van der Waals surface area (Å²) in [7, 11) is 1.82. The SMILES string of the molecule is CCCCCC(=O)N(CCC#N)/N=C(\C)c1cc(Cl)ccc1NC. The van der Waals surface area contributed by atoms with Crippen LogP contribution in [0.15, 0.2) is 23.3 Å². The first kappa shape index (κ1) is 20.0. The third-order valence-electron chi connectivity index (χ3n) is 3.63. The molecule has 1 N–H and O–H groups in total. The second kappa shape index (κ2) is 10.7. The summed E-state index contributed by atoms with van der Waals surface area (Å²) in [5.74, 6) is -0.0499. The van der Waals surface area contributed by atoms with Crippen LogP contribution in [0.1, 0.15) is 51.5 Å². The van der Waals surface area contributed by atoms with Crippen molar-refractivity contribution in [2.24, 2.45) is 5.10 Å². The standard InChI is InChI=1S/C18H25ClN4O/c1-4-5-6-8-18(24)23(12-7-11-20)22-14(2)16-13-15(19)9-10-17(16)21-3/h9-10,13,21H,4-8,12H2,1-3H3/b22-14+. The van der Waals surface area contributed by atoms with E-state index in [0.29, 0.717) is 23.7 Å². The minimum Gasteiger partial charge on any atom is -0.388 e. The lowest BCUT2D eigenvalue weighted by Crippen LogP contribution is -2.28. The summed E-state index contributed by atoms with van der Waals surface area (Å²) in [6.07, 6.45) is 3.61. The first-order valence-corrected chi connectivity index (χ1v) is 8.61. The smallest absolute Gasteiger partial charge is 0.242 e. The lowest BCUT2D eigenvalue weighted by Gasteiger charge is -2.18. The molecule has 1 amide bonds. The van der Waals surface area contributed by atoms with Crippen LogP contribution in [0.4, 0.5) is 5.69 Å². The van der Waals surface area contributed by atoms with Gasteiger partial charge in [0.15, 0.2) is 0 Å². The molecule has 1 aromatic carbocycles. The molecule has 0 aliphatic carbocycles. The zero-order valence-corrected chi connectivity index (χ0v) is 15.4. The van der Waals surface area contributed by atoms with E-state index in [1.54, 1.807) is 6.07 Å². The molecule has 6 heteroatoms. The summed E-state index contributed by atoms with van der Waals surface area (Å²) in [5, 5.41) is 18.4. The van der Waals surface area contributed by atoms with Crippen molar-refractivity contribution in [3.8, 4) is 6.07 Å². The fourth-order valence-corrected chi connectivity index (χ4v) is 2.48. The van der Waals surface area contributed by atoms with Crippen LogP contribution in [-0.2, 0) is 4.79 Å². The van der Waals surface area contributed by atoms with Gasteiger partial charge in [-0.15, -0.1) is 0 Å². The fourth-order valence-electron chi connectivity index (χ4n) is 2.31. The van der Waals surface area contributed by atoms with Crippen molar-refractivity contribution < 1.29 is 4.79 Å². The minimum atomic E-state index is -0.0499. The average Bonchev–Trinajstić information content (AvgIpc) is 2.58. The van der Waals surface area contributed by atoms with Gasteiger partial charge in [0.2, 0.25) is 5.91 Å². The number of rotatable bonds is 9. The third-order valence-corrected chi connectivity index (χ3v) is 3.86. The Bertz CT molecular complexity index is 622. The second-order valence-electron chi connectivity index (χ2n) is 5.51. The first-order valence-electron chi connectivity index (χ1n) is 8.23. The molecule has 0 atom stereocenters. The lowest BCUT2D eigenvalue weighted by molar-refractivity contribution is -0.131. The lowest BCUT2D eigenvalue weighted by atomic mass is 10.1. The summed E-state index contributed by atoms with van der Waals surface area (Å²) in [5.41, 5.74) is 2.41. The molecular weight excluding hydrogens is 324 g/mol. The van der Waals surface area contributed by atoms with E-state index in [1.165, 1.54) is 5.01 Å². The number of nitrogens with zero attached hydrogens (tertiary/aromatic N) is 3. The Labute approximate surface area is 149 Å². The quantitative estimate of drug-likeness (QED) is 0.408. The van der Waals surface area contributed by atoms with Gasteiger partial charge >= 0.3 is 0 Å². The summed E-state index contributed by atoms with van der Waals surface area (Å²) in [6.45, 7) is 4.23. The number of hydrogen-bond acceptors (Lipinski definition) is 4. The van der Waals surface area contributed by atoms with E-state index in [2.05, 4.69) is 23.4 Å². The van der Waals surface area contributed by atoms with Gasteiger partial charge in [0, 0.05) is 29.7 Å². The highest BCUT2D eigenvalue weighted by Crippen LogP contribution is 2.21. The highest BCUT2D eigenvalue weighted by atomic mass is 35.5. The van der Waals surface area contributed by atoms with Gasteiger partial charge in [-0.25, -0.2) is 5.01 Å². The summed E-state index contributed by atoms with van der Waals surface area (Å²) >= 11 is 6.08. The maximum atomic E-state index is 12.4. The molecule has 0 aliphatic heterocycles. The molecule has 0 saturated heterocycles. The van der Waals surface area contributed by atoms with Crippen molar-refractivity contribution in [2.75, 3.05) is 18.9 Å². The van der Waals surface area contributed by atoms with Crippen LogP contribution in [0.3, 0.4) is 0 Å². The van der Waals surface area contributed by atoms with Crippen LogP contribution in [0.25, 0.3) is 0 Å². The molecule has 0 aromatic heterocycles. The average molecular weight is 349 g/mol. The van der Waals surface area contributed by atoms with Gasteiger partial charge in [-0.1, -0.05) is 31.4 Å². The number of nitrogens with one attached hydrogen (secondary N) is 1.